The molecule has 0 saturated heterocycles. The summed E-state index contributed by atoms with van der Waals surface area (Å²) < 4.78 is 2.02. The van der Waals surface area contributed by atoms with Gasteiger partial charge in [0.1, 0.15) is 6.07 Å². The van der Waals surface area contributed by atoms with Crippen LogP contribution in [0.1, 0.15) is 31.5 Å². The number of carbonyl (C=O) groups excluding carboxylic acids is 1. The molecule has 1 aromatic heterocycles. The first kappa shape index (κ1) is 23.0. The summed E-state index contributed by atoms with van der Waals surface area (Å²) in [6.07, 6.45) is 3.59. The van der Waals surface area contributed by atoms with Crippen LogP contribution in [0.4, 0.5) is 11.5 Å². The molecule has 1 N–H and O–H groups in total. The zero-order valence-electron chi connectivity index (χ0n) is 21.0. The molecule has 182 valence electrons. The summed E-state index contributed by atoms with van der Waals surface area (Å²) in [7, 11) is 0. The third-order valence-corrected chi connectivity index (χ3v) is 8.07. The Labute approximate surface area is 217 Å². The minimum Gasteiger partial charge on any atom is -0.339 e. The van der Waals surface area contributed by atoms with E-state index in [0.717, 1.165) is 52.4 Å². The zero-order chi connectivity index (χ0) is 25.6. The highest BCUT2D eigenvalue weighted by Gasteiger charge is 2.50. The van der Waals surface area contributed by atoms with Crippen LogP contribution in [0.5, 0.6) is 0 Å². The van der Waals surface area contributed by atoms with Crippen LogP contribution in [0.15, 0.2) is 96.6 Å². The summed E-state index contributed by atoms with van der Waals surface area (Å²) >= 11 is 0. The Hall–Kier alpha value is -4.43. The van der Waals surface area contributed by atoms with Crippen LogP contribution in [0.2, 0.25) is 0 Å². The molecule has 3 atom stereocenters. The van der Waals surface area contributed by atoms with E-state index in [2.05, 4.69) is 54.7 Å². The lowest BCUT2D eigenvalue weighted by Crippen LogP contribution is -2.46. The van der Waals surface area contributed by atoms with Gasteiger partial charge in [-0.3, -0.25) is 4.79 Å². The predicted molar refractivity (Wildman–Crippen MR) is 146 cm³/mol. The first-order valence-electron chi connectivity index (χ1n) is 12.8. The van der Waals surface area contributed by atoms with E-state index in [1.54, 1.807) is 0 Å². The van der Waals surface area contributed by atoms with Crippen LogP contribution < -0.4 is 5.32 Å². The fraction of sp³-hybridized carbons (Fsp3) is 0.219. The van der Waals surface area contributed by atoms with Gasteiger partial charge in [-0.25, -0.2) is 4.68 Å². The van der Waals surface area contributed by atoms with Crippen molar-refractivity contribution < 1.29 is 4.79 Å². The van der Waals surface area contributed by atoms with Gasteiger partial charge in [0, 0.05) is 22.6 Å². The zero-order valence-corrected chi connectivity index (χ0v) is 21.0. The number of benzene rings is 3. The number of fused-ring (bicyclic) bond motifs is 3. The lowest BCUT2D eigenvalue weighted by molar-refractivity contribution is -0.121. The van der Waals surface area contributed by atoms with Crippen LogP contribution >= 0.6 is 0 Å². The standard InChI is InChI=1S/C32H28N4O/c1-21-28-18-17-27-30(32(28,2)19-24(20-33)29(21)37)36(35-31(27)34-25-11-7-4-8-12-25)26-15-13-23(14-16-26)22-9-5-3-6-10-22/h3-16,19,21,28H,17-18H2,1-2H3,(H,34,35)/t21-,28-,32-/m1/s1. The summed E-state index contributed by atoms with van der Waals surface area (Å²) in [5.74, 6) is 0.666. The molecule has 0 bridgehead atoms. The molecule has 0 radical (unpaired) electrons. The van der Waals surface area contributed by atoms with Crippen molar-refractivity contribution in [1.29, 1.82) is 5.26 Å². The highest BCUT2D eigenvalue weighted by molar-refractivity contribution is 6.02. The number of nitrogens with zero attached hydrogens (tertiary/aromatic N) is 3. The fourth-order valence-corrected chi connectivity index (χ4v) is 6.22. The summed E-state index contributed by atoms with van der Waals surface area (Å²) in [4.78, 5) is 12.9. The van der Waals surface area contributed by atoms with Gasteiger partial charge in [-0.2, -0.15) is 5.26 Å². The SMILES string of the molecule is C[C@H]1C(=O)C(C#N)=C[C@@]2(C)c3c(c(Nc4ccccc4)nn3-c3ccc(-c4ccccc4)cc3)CC[C@H]12. The highest BCUT2D eigenvalue weighted by Crippen LogP contribution is 2.52. The van der Waals surface area contributed by atoms with E-state index >= 15 is 0 Å². The minimum absolute atomic E-state index is 0.0469. The molecular weight excluding hydrogens is 456 g/mol. The normalized spacial score (nSPS) is 22.4. The van der Waals surface area contributed by atoms with E-state index in [-0.39, 0.29) is 23.2 Å². The highest BCUT2D eigenvalue weighted by atomic mass is 16.1. The van der Waals surface area contributed by atoms with E-state index in [9.17, 15) is 10.1 Å². The number of nitriles is 1. The maximum Gasteiger partial charge on any atom is 0.176 e. The lowest BCUT2D eigenvalue weighted by atomic mass is 9.58. The Balaban J connectivity index is 1.52. The van der Waals surface area contributed by atoms with Gasteiger partial charge >= 0.3 is 0 Å². The topological polar surface area (TPSA) is 70.7 Å². The van der Waals surface area contributed by atoms with Crippen molar-refractivity contribution in [3.63, 3.8) is 0 Å². The first-order valence-corrected chi connectivity index (χ1v) is 12.8. The molecule has 1 heterocycles. The molecule has 3 aromatic carbocycles. The average molecular weight is 485 g/mol. The van der Waals surface area contributed by atoms with Gasteiger partial charge in [-0.15, -0.1) is 5.10 Å². The number of rotatable bonds is 4. The number of para-hydroxylation sites is 1. The van der Waals surface area contributed by atoms with Crippen molar-refractivity contribution in [2.45, 2.75) is 32.1 Å². The van der Waals surface area contributed by atoms with Gasteiger partial charge in [-0.1, -0.05) is 80.6 Å². The van der Waals surface area contributed by atoms with Crippen LogP contribution in [0, 0.1) is 23.2 Å². The molecule has 2 aliphatic rings. The lowest BCUT2D eigenvalue weighted by Gasteiger charge is -2.45. The third-order valence-electron chi connectivity index (χ3n) is 8.07. The van der Waals surface area contributed by atoms with Gasteiger partial charge in [0.25, 0.3) is 0 Å². The maximum absolute atomic E-state index is 12.9. The third kappa shape index (κ3) is 3.77. The monoisotopic (exact) mass is 484 g/mol. The maximum atomic E-state index is 12.9. The Bertz CT molecular complexity index is 1540. The van der Waals surface area contributed by atoms with Gasteiger partial charge in [0.05, 0.1) is 17.0 Å². The molecule has 0 saturated carbocycles. The molecule has 2 aliphatic carbocycles. The second kappa shape index (κ2) is 8.90. The van der Waals surface area contributed by atoms with Crippen molar-refractivity contribution in [3.05, 3.63) is 108 Å². The van der Waals surface area contributed by atoms with E-state index in [1.165, 1.54) is 0 Å². The van der Waals surface area contributed by atoms with E-state index in [1.807, 2.05) is 66.2 Å². The number of allylic oxidation sites excluding steroid dienone is 2. The van der Waals surface area contributed by atoms with Crippen LogP contribution in [-0.4, -0.2) is 15.6 Å². The minimum atomic E-state index is -0.492. The van der Waals surface area contributed by atoms with Crippen molar-refractivity contribution in [2.24, 2.45) is 11.8 Å². The number of aromatic nitrogens is 2. The van der Waals surface area contributed by atoms with Gasteiger partial charge in [0.2, 0.25) is 0 Å². The molecule has 0 amide bonds. The number of anilines is 2. The number of hydrogen-bond donors (Lipinski definition) is 1. The molecule has 4 aromatic rings. The molecule has 0 unspecified atom stereocenters. The molecule has 0 aliphatic heterocycles. The van der Waals surface area contributed by atoms with Crippen molar-refractivity contribution >= 4 is 17.3 Å². The Morgan fingerprint density at radius 1 is 0.973 bits per heavy atom. The van der Waals surface area contributed by atoms with E-state index in [4.69, 9.17) is 5.10 Å². The summed E-state index contributed by atoms with van der Waals surface area (Å²) in [5, 5.41) is 18.4. The van der Waals surface area contributed by atoms with E-state index in [0.29, 0.717) is 0 Å². The quantitative estimate of drug-likeness (QED) is 0.347. The second-order valence-electron chi connectivity index (χ2n) is 10.2. The summed E-state index contributed by atoms with van der Waals surface area (Å²) in [5.41, 5.74) is 6.19. The van der Waals surface area contributed by atoms with Crippen molar-refractivity contribution in [2.75, 3.05) is 5.32 Å². The van der Waals surface area contributed by atoms with Crippen molar-refractivity contribution in [3.8, 4) is 22.9 Å². The first-order chi connectivity index (χ1) is 18.0. The molecule has 5 nitrogen and oxygen atoms in total. The van der Waals surface area contributed by atoms with Gasteiger partial charge < -0.3 is 5.32 Å². The largest absolute Gasteiger partial charge is 0.339 e. The average Bonchev–Trinajstić information content (AvgIpc) is 3.31. The van der Waals surface area contributed by atoms with E-state index < -0.39 is 5.41 Å². The summed E-state index contributed by atoms with van der Waals surface area (Å²) in [6, 6.07) is 31.0. The molecule has 0 spiro atoms. The predicted octanol–water partition coefficient (Wildman–Crippen LogP) is 6.77. The Kier molecular flexibility index (Phi) is 5.53. The molecule has 5 heteroatoms. The van der Waals surface area contributed by atoms with Crippen LogP contribution in [-0.2, 0) is 16.6 Å². The molecule has 0 fully saturated rings. The van der Waals surface area contributed by atoms with Gasteiger partial charge in [0.15, 0.2) is 11.6 Å². The Morgan fingerprint density at radius 3 is 2.30 bits per heavy atom. The Morgan fingerprint density at radius 2 is 1.62 bits per heavy atom. The van der Waals surface area contributed by atoms with Gasteiger partial charge in [-0.05, 0) is 54.2 Å². The van der Waals surface area contributed by atoms with Crippen LogP contribution in [0.25, 0.3) is 16.8 Å². The number of carbonyl (C=O) groups is 1. The van der Waals surface area contributed by atoms with Crippen molar-refractivity contribution in [1.82, 2.24) is 9.78 Å². The van der Waals surface area contributed by atoms with Crippen LogP contribution in [0.3, 0.4) is 0 Å². The number of ketones is 1. The smallest absolute Gasteiger partial charge is 0.176 e. The molecule has 37 heavy (non-hydrogen) atoms. The molecule has 6 rings (SSSR count). The number of Topliss-reactive ketones (excluding diaryl/α,β-unsaturated/α-hetero) is 1. The second-order valence-corrected chi connectivity index (χ2v) is 10.2. The number of nitrogens with one attached hydrogen (secondary N) is 1. The summed E-state index contributed by atoms with van der Waals surface area (Å²) in [6.45, 7) is 4.14. The molecular formula is C32H28N4O. The number of hydrogen-bond acceptors (Lipinski definition) is 4. The fourth-order valence-electron chi connectivity index (χ4n) is 6.22.